The van der Waals surface area contributed by atoms with E-state index in [1.165, 1.54) is 35.7 Å². The van der Waals surface area contributed by atoms with Crippen molar-refractivity contribution >= 4 is 28.3 Å². The van der Waals surface area contributed by atoms with Crippen LogP contribution in [-0.4, -0.2) is 44.3 Å². The van der Waals surface area contributed by atoms with Crippen LogP contribution in [0.4, 0.5) is 0 Å². The molecule has 1 unspecified atom stereocenters. The van der Waals surface area contributed by atoms with Gasteiger partial charge in [-0.1, -0.05) is 33.1 Å². The van der Waals surface area contributed by atoms with Gasteiger partial charge in [0.25, 0.3) is 5.91 Å². The van der Waals surface area contributed by atoms with Gasteiger partial charge in [0.1, 0.15) is 0 Å². The number of sulfonamides is 1. The lowest BCUT2D eigenvalue weighted by molar-refractivity contribution is 0.0915. The quantitative estimate of drug-likeness (QED) is 0.680. The Labute approximate surface area is 169 Å². The SMILES string of the molecule is CCN(CC)S(=O)(=O)c1ccc(C(=O)NC(CN)C2CCCCC2)cc1.Cl. The van der Waals surface area contributed by atoms with Crippen LogP contribution in [0.15, 0.2) is 29.2 Å². The van der Waals surface area contributed by atoms with Crippen LogP contribution in [0.3, 0.4) is 0 Å². The molecule has 6 nitrogen and oxygen atoms in total. The summed E-state index contributed by atoms with van der Waals surface area (Å²) in [5.74, 6) is 0.234. The van der Waals surface area contributed by atoms with E-state index in [0.717, 1.165) is 12.8 Å². The highest BCUT2D eigenvalue weighted by Crippen LogP contribution is 2.26. The molecule has 0 bridgehead atoms. The molecule has 2 rings (SSSR count). The third-order valence-electron chi connectivity index (χ3n) is 5.25. The van der Waals surface area contributed by atoms with Crippen molar-refractivity contribution < 1.29 is 13.2 Å². The summed E-state index contributed by atoms with van der Waals surface area (Å²) < 4.78 is 26.4. The van der Waals surface area contributed by atoms with Gasteiger partial charge in [0.15, 0.2) is 0 Å². The van der Waals surface area contributed by atoms with Crippen molar-refractivity contribution in [3.8, 4) is 0 Å². The van der Waals surface area contributed by atoms with Gasteiger partial charge < -0.3 is 11.1 Å². The van der Waals surface area contributed by atoms with E-state index in [1.54, 1.807) is 26.0 Å². The molecule has 0 spiro atoms. The number of carbonyl (C=O) groups is 1. The standard InChI is InChI=1S/C19H31N3O3S.ClH/c1-3-22(4-2)26(24,25)17-12-10-16(11-13-17)19(23)21-18(14-20)15-8-6-5-7-9-15;/h10-13,15,18H,3-9,14,20H2,1-2H3,(H,21,23);1H. The Kier molecular flexibility index (Phi) is 9.73. The molecule has 8 heteroatoms. The zero-order valence-corrected chi connectivity index (χ0v) is 17.8. The maximum Gasteiger partial charge on any atom is 0.251 e. The van der Waals surface area contributed by atoms with Gasteiger partial charge >= 0.3 is 0 Å². The number of nitrogens with zero attached hydrogens (tertiary/aromatic N) is 1. The van der Waals surface area contributed by atoms with E-state index in [9.17, 15) is 13.2 Å². The summed E-state index contributed by atoms with van der Waals surface area (Å²) in [7, 11) is -3.51. The van der Waals surface area contributed by atoms with E-state index in [0.29, 0.717) is 31.1 Å². The van der Waals surface area contributed by atoms with Crippen LogP contribution >= 0.6 is 12.4 Å². The number of amides is 1. The van der Waals surface area contributed by atoms with Crippen molar-refractivity contribution in [2.24, 2.45) is 11.7 Å². The molecule has 1 amide bonds. The molecule has 27 heavy (non-hydrogen) atoms. The second-order valence-electron chi connectivity index (χ2n) is 6.83. The van der Waals surface area contributed by atoms with Crippen LogP contribution in [0.2, 0.25) is 0 Å². The maximum atomic E-state index is 12.5. The Morgan fingerprint density at radius 1 is 1.15 bits per heavy atom. The molecule has 154 valence electrons. The van der Waals surface area contributed by atoms with Crippen LogP contribution in [0, 0.1) is 5.92 Å². The van der Waals surface area contributed by atoms with Gasteiger partial charge in [0.2, 0.25) is 10.0 Å². The smallest absolute Gasteiger partial charge is 0.251 e. The highest BCUT2D eigenvalue weighted by Gasteiger charge is 2.25. The summed E-state index contributed by atoms with van der Waals surface area (Å²) in [4.78, 5) is 12.7. The Hall–Kier alpha value is -1.15. The topological polar surface area (TPSA) is 92.5 Å². The van der Waals surface area contributed by atoms with Gasteiger partial charge in [0, 0.05) is 31.2 Å². The first kappa shape index (κ1) is 23.9. The summed E-state index contributed by atoms with van der Waals surface area (Å²) in [5.41, 5.74) is 6.33. The molecule has 1 fully saturated rings. The summed E-state index contributed by atoms with van der Waals surface area (Å²) >= 11 is 0. The number of carbonyl (C=O) groups excluding carboxylic acids is 1. The molecule has 1 aromatic carbocycles. The number of benzene rings is 1. The molecule has 0 aliphatic heterocycles. The van der Waals surface area contributed by atoms with Gasteiger partial charge in [0.05, 0.1) is 4.90 Å². The zero-order chi connectivity index (χ0) is 19.2. The monoisotopic (exact) mass is 417 g/mol. The largest absolute Gasteiger partial charge is 0.348 e. The summed E-state index contributed by atoms with van der Waals surface area (Å²) in [6.07, 6.45) is 5.83. The Morgan fingerprint density at radius 2 is 1.70 bits per heavy atom. The molecular weight excluding hydrogens is 386 g/mol. The minimum atomic E-state index is -3.51. The van der Waals surface area contributed by atoms with Crippen LogP contribution in [0.5, 0.6) is 0 Å². The maximum absolute atomic E-state index is 12.5. The average Bonchev–Trinajstić information content (AvgIpc) is 2.67. The van der Waals surface area contributed by atoms with E-state index < -0.39 is 10.0 Å². The second kappa shape index (κ2) is 11.0. The summed E-state index contributed by atoms with van der Waals surface area (Å²) in [6, 6.07) is 6.11. The lowest BCUT2D eigenvalue weighted by atomic mass is 9.84. The first-order chi connectivity index (χ1) is 12.4. The highest BCUT2D eigenvalue weighted by molar-refractivity contribution is 7.89. The van der Waals surface area contributed by atoms with Gasteiger partial charge in [-0.25, -0.2) is 8.42 Å². The van der Waals surface area contributed by atoms with Crippen molar-refractivity contribution in [2.45, 2.75) is 56.9 Å². The van der Waals surface area contributed by atoms with Crippen molar-refractivity contribution in [3.05, 3.63) is 29.8 Å². The fraction of sp³-hybridized carbons (Fsp3) is 0.632. The fourth-order valence-corrected chi connectivity index (χ4v) is 5.11. The lowest BCUT2D eigenvalue weighted by Gasteiger charge is -2.30. The van der Waals surface area contributed by atoms with Crippen LogP contribution in [0.1, 0.15) is 56.3 Å². The van der Waals surface area contributed by atoms with Crippen LogP contribution in [0.25, 0.3) is 0 Å². The van der Waals surface area contributed by atoms with E-state index >= 15 is 0 Å². The van der Waals surface area contributed by atoms with E-state index in [1.807, 2.05) is 0 Å². The normalized spacial score (nSPS) is 16.6. The predicted molar refractivity (Wildman–Crippen MR) is 111 cm³/mol. The van der Waals surface area contributed by atoms with Crippen molar-refractivity contribution in [3.63, 3.8) is 0 Å². The zero-order valence-electron chi connectivity index (χ0n) is 16.2. The minimum Gasteiger partial charge on any atom is -0.348 e. The minimum absolute atomic E-state index is 0. The number of hydrogen-bond acceptors (Lipinski definition) is 4. The summed E-state index contributed by atoms with van der Waals surface area (Å²) in [5, 5.41) is 3.03. The Bertz CT molecular complexity index is 685. The first-order valence-electron chi connectivity index (χ1n) is 9.55. The van der Waals surface area contributed by atoms with E-state index in [-0.39, 0.29) is 29.3 Å². The fourth-order valence-electron chi connectivity index (χ4n) is 3.65. The molecule has 1 aromatic rings. The van der Waals surface area contributed by atoms with Gasteiger partial charge in [-0.15, -0.1) is 12.4 Å². The number of halogens is 1. The summed E-state index contributed by atoms with van der Waals surface area (Å²) in [6.45, 7) is 4.87. The molecule has 1 saturated carbocycles. The molecule has 1 aliphatic rings. The highest BCUT2D eigenvalue weighted by atomic mass is 35.5. The van der Waals surface area contributed by atoms with Crippen LogP contribution < -0.4 is 11.1 Å². The number of hydrogen-bond donors (Lipinski definition) is 2. The van der Waals surface area contributed by atoms with Crippen molar-refractivity contribution in [2.75, 3.05) is 19.6 Å². The number of rotatable bonds is 8. The van der Waals surface area contributed by atoms with Crippen molar-refractivity contribution in [1.82, 2.24) is 9.62 Å². The molecule has 1 aliphatic carbocycles. The van der Waals surface area contributed by atoms with Gasteiger partial charge in [-0.2, -0.15) is 4.31 Å². The predicted octanol–water partition coefficient (Wildman–Crippen LogP) is 2.78. The molecule has 0 radical (unpaired) electrons. The molecule has 0 heterocycles. The number of nitrogens with one attached hydrogen (secondary N) is 1. The van der Waals surface area contributed by atoms with Gasteiger partial charge in [-0.05, 0) is 43.0 Å². The van der Waals surface area contributed by atoms with E-state index in [2.05, 4.69) is 5.32 Å². The molecule has 3 N–H and O–H groups in total. The van der Waals surface area contributed by atoms with E-state index in [4.69, 9.17) is 5.73 Å². The van der Waals surface area contributed by atoms with Crippen molar-refractivity contribution in [1.29, 1.82) is 0 Å². The van der Waals surface area contributed by atoms with Gasteiger partial charge in [-0.3, -0.25) is 4.79 Å². The number of nitrogens with two attached hydrogens (primary N) is 1. The Balaban J connectivity index is 0.00000364. The molecular formula is C19H32ClN3O3S. The lowest BCUT2D eigenvalue weighted by Crippen LogP contribution is -2.45. The Morgan fingerprint density at radius 3 is 2.19 bits per heavy atom. The van der Waals surface area contributed by atoms with Crippen LogP contribution in [-0.2, 0) is 10.0 Å². The third kappa shape index (κ3) is 5.91. The molecule has 1 atom stereocenters. The average molecular weight is 418 g/mol. The third-order valence-corrected chi connectivity index (χ3v) is 7.31. The first-order valence-corrected chi connectivity index (χ1v) is 11.0. The molecule has 0 saturated heterocycles. The second-order valence-corrected chi connectivity index (χ2v) is 8.77. The molecule has 0 aromatic heterocycles.